The van der Waals surface area contributed by atoms with Gasteiger partial charge in [-0.15, -0.1) is 0 Å². The second-order valence-corrected chi connectivity index (χ2v) is 6.45. The Balaban J connectivity index is 2.95. The number of nitrogens with one attached hydrogen (secondary N) is 1. The van der Waals surface area contributed by atoms with E-state index in [1.165, 1.54) is 0 Å². The molecule has 3 N–H and O–H groups in total. The van der Waals surface area contributed by atoms with Crippen molar-refractivity contribution in [3.05, 3.63) is 28.2 Å². The Morgan fingerprint density at radius 1 is 1.39 bits per heavy atom. The summed E-state index contributed by atoms with van der Waals surface area (Å²) in [6.45, 7) is 1.82. The van der Waals surface area contributed by atoms with E-state index in [1.54, 1.807) is 6.92 Å². The van der Waals surface area contributed by atoms with Gasteiger partial charge < -0.3 is 5.73 Å². The van der Waals surface area contributed by atoms with Crippen molar-refractivity contribution in [3.63, 3.8) is 0 Å². The Bertz CT molecular complexity index is 535. The molecule has 4 nitrogen and oxygen atoms in total. The van der Waals surface area contributed by atoms with E-state index in [4.69, 9.17) is 5.73 Å². The van der Waals surface area contributed by atoms with Crippen LogP contribution in [0.1, 0.15) is 13.3 Å². The van der Waals surface area contributed by atoms with Gasteiger partial charge in [0.15, 0.2) is 0 Å². The zero-order chi connectivity index (χ0) is 13.9. The van der Waals surface area contributed by atoms with E-state index in [0.29, 0.717) is 12.5 Å². The number of rotatable bonds is 5. The van der Waals surface area contributed by atoms with Gasteiger partial charge in [-0.1, -0.05) is 0 Å². The van der Waals surface area contributed by atoms with Crippen LogP contribution in [-0.4, -0.2) is 21.0 Å². The van der Waals surface area contributed by atoms with Crippen molar-refractivity contribution in [2.24, 2.45) is 5.73 Å². The van der Waals surface area contributed by atoms with Crippen LogP contribution < -0.4 is 10.5 Å². The maximum absolute atomic E-state index is 13.4. The summed E-state index contributed by atoms with van der Waals surface area (Å²) in [5.74, 6) is -1.99. The van der Waals surface area contributed by atoms with Crippen molar-refractivity contribution in [1.82, 2.24) is 4.72 Å². The minimum Gasteiger partial charge on any atom is -0.328 e. The Morgan fingerprint density at radius 2 is 2.00 bits per heavy atom. The zero-order valence-corrected chi connectivity index (χ0v) is 12.0. The highest BCUT2D eigenvalue weighted by Gasteiger charge is 2.20. The van der Waals surface area contributed by atoms with Gasteiger partial charge in [0.05, 0.1) is 4.47 Å². The molecule has 1 atom stereocenters. The molecule has 0 aliphatic carbocycles. The van der Waals surface area contributed by atoms with Crippen molar-refractivity contribution < 1.29 is 17.2 Å². The normalized spacial score (nSPS) is 13.6. The van der Waals surface area contributed by atoms with E-state index in [1.807, 2.05) is 0 Å². The molecule has 1 aromatic carbocycles. The standard InChI is InChI=1S/C10H13BrF2N2O2S/c1-6(14)2-3-15-18(16,17)10-4-7(11)8(12)5-9(10)13/h4-6,15H,2-3,14H2,1H3. The van der Waals surface area contributed by atoms with Gasteiger partial charge in [0.25, 0.3) is 0 Å². The molecule has 0 heterocycles. The van der Waals surface area contributed by atoms with Crippen molar-refractivity contribution in [2.45, 2.75) is 24.3 Å². The fourth-order valence-corrected chi connectivity index (χ4v) is 2.83. The largest absolute Gasteiger partial charge is 0.328 e. The van der Waals surface area contributed by atoms with Crippen LogP contribution in [0.2, 0.25) is 0 Å². The van der Waals surface area contributed by atoms with Crippen molar-refractivity contribution in [3.8, 4) is 0 Å². The van der Waals surface area contributed by atoms with Crippen molar-refractivity contribution in [1.29, 1.82) is 0 Å². The van der Waals surface area contributed by atoms with Gasteiger partial charge in [-0.05, 0) is 35.3 Å². The van der Waals surface area contributed by atoms with Gasteiger partial charge >= 0.3 is 0 Å². The predicted octanol–water partition coefficient (Wildman–Crippen LogP) is 1.74. The van der Waals surface area contributed by atoms with Gasteiger partial charge in [0.2, 0.25) is 10.0 Å². The molecule has 0 saturated heterocycles. The molecular weight excluding hydrogens is 330 g/mol. The first kappa shape index (κ1) is 15.5. The first-order chi connectivity index (χ1) is 8.24. The van der Waals surface area contributed by atoms with Crippen molar-refractivity contribution in [2.75, 3.05) is 6.54 Å². The molecule has 0 fully saturated rings. The fraction of sp³-hybridized carbons (Fsp3) is 0.400. The minimum atomic E-state index is -4.00. The van der Waals surface area contributed by atoms with E-state index < -0.39 is 26.6 Å². The fourth-order valence-electron chi connectivity index (χ4n) is 1.21. The van der Waals surface area contributed by atoms with Crippen LogP contribution in [0.4, 0.5) is 8.78 Å². The van der Waals surface area contributed by atoms with Gasteiger partial charge in [0, 0.05) is 18.7 Å². The Kier molecular flexibility index (Phi) is 5.20. The molecular formula is C10H13BrF2N2O2S. The zero-order valence-electron chi connectivity index (χ0n) is 9.58. The van der Waals surface area contributed by atoms with Crippen LogP contribution in [0.3, 0.4) is 0 Å². The third kappa shape index (κ3) is 3.98. The molecule has 0 spiro atoms. The predicted molar refractivity (Wildman–Crippen MR) is 67.5 cm³/mol. The minimum absolute atomic E-state index is 0.0917. The molecule has 18 heavy (non-hydrogen) atoms. The van der Waals surface area contributed by atoms with Crippen LogP contribution >= 0.6 is 15.9 Å². The Hall–Kier alpha value is -0.570. The maximum atomic E-state index is 13.4. The number of nitrogens with two attached hydrogens (primary N) is 1. The molecule has 0 aliphatic rings. The average Bonchev–Trinajstić information content (AvgIpc) is 2.22. The Morgan fingerprint density at radius 3 is 2.56 bits per heavy atom. The molecule has 0 saturated carbocycles. The topological polar surface area (TPSA) is 72.2 Å². The highest BCUT2D eigenvalue weighted by Crippen LogP contribution is 2.23. The number of sulfonamides is 1. The Labute approximate surface area is 113 Å². The summed E-state index contributed by atoms with van der Waals surface area (Å²) >= 11 is 2.81. The maximum Gasteiger partial charge on any atom is 0.243 e. The molecule has 1 unspecified atom stereocenters. The van der Waals surface area contributed by atoms with Crippen LogP contribution in [0.15, 0.2) is 21.5 Å². The quantitative estimate of drug-likeness (QED) is 0.800. The third-order valence-corrected chi connectivity index (χ3v) is 4.24. The first-order valence-electron chi connectivity index (χ1n) is 5.14. The number of hydrogen-bond acceptors (Lipinski definition) is 3. The molecule has 0 bridgehead atoms. The average molecular weight is 343 g/mol. The molecule has 0 aromatic heterocycles. The SMILES string of the molecule is CC(N)CCNS(=O)(=O)c1cc(Br)c(F)cc1F. The van der Waals surface area contributed by atoms with Gasteiger partial charge in [-0.3, -0.25) is 0 Å². The molecule has 102 valence electrons. The summed E-state index contributed by atoms with van der Waals surface area (Å²) in [6.07, 6.45) is 0.420. The summed E-state index contributed by atoms with van der Waals surface area (Å²) in [7, 11) is -4.00. The van der Waals surface area contributed by atoms with Crippen LogP contribution in [0.5, 0.6) is 0 Å². The number of hydrogen-bond donors (Lipinski definition) is 2. The third-order valence-electron chi connectivity index (χ3n) is 2.16. The number of halogens is 3. The first-order valence-corrected chi connectivity index (χ1v) is 7.41. The number of benzene rings is 1. The lowest BCUT2D eigenvalue weighted by Gasteiger charge is -2.09. The summed E-state index contributed by atoms with van der Waals surface area (Å²) in [4.78, 5) is -0.597. The van der Waals surface area contributed by atoms with Crippen LogP contribution in [0, 0.1) is 11.6 Å². The van der Waals surface area contributed by atoms with E-state index >= 15 is 0 Å². The monoisotopic (exact) mass is 342 g/mol. The lowest BCUT2D eigenvalue weighted by molar-refractivity contribution is 0.538. The van der Waals surface area contributed by atoms with E-state index in [0.717, 1.165) is 6.07 Å². The molecule has 0 amide bonds. The molecule has 1 aromatic rings. The summed E-state index contributed by atoms with van der Waals surface area (Å²) in [6, 6.07) is 1.24. The van der Waals surface area contributed by atoms with Crippen LogP contribution in [0.25, 0.3) is 0 Å². The lowest BCUT2D eigenvalue weighted by Crippen LogP contribution is -2.29. The second-order valence-electron chi connectivity index (χ2n) is 3.86. The summed E-state index contributed by atoms with van der Waals surface area (Å²) in [5.41, 5.74) is 5.47. The molecule has 0 radical (unpaired) electrons. The molecule has 1 rings (SSSR count). The van der Waals surface area contributed by atoms with Gasteiger partial charge in [-0.25, -0.2) is 21.9 Å². The van der Waals surface area contributed by atoms with E-state index in [2.05, 4.69) is 20.7 Å². The van der Waals surface area contributed by atoms with E-state index in [-0.39, 0.29) is 17.1 Å². The smallest absolute Gasteiger partial charge is 0.243 e. The van der Waals surface area contributed by atoms with Gasteiger partial charge in [0.1, 0.15) is 16.5 Å². The van der Waals surface area contributed by atoms with E-state index in [9.17, 15) is 17.2 Å². The van der Waals surface area contributed by atoms with Crippen LogP contribution in [-0.2, 0) is 10.0 Å². The lowest BCUT2D eigenvalue weighted by atomic mass is 10.3. The summed E-state index contributed by atoms with van der Waals surface area (Å²) in [5, 5.41) is 0. The summed E-state index contributed by atoms with van der Waals surface area (Å²) < 4.78 is 52.0. The molecule has 8 heteroatoms. The highest BCUT2D eigenvalue weighted by molar-refractivity contribution is 9.10. The second kappa shape index (κ2) is 6.05. The molecule has 0 aliphatic heterocycles. The van der Waals surface area contributed by atoms with Gasteiger partial charge in [-0.2, -0.15) is 0 Å². The highest BCUT2D eigenvalue weighted by atomic mass is 79.9. The van der Waals surface area contributed by atoms with Crippen molar-refractivity contribution >= 4 is 26.0 Å².